The van der Waals surface area contributed by atoms with Crippen molar-refractivity contribution in [3.8, 4) is 0 Å². The molecule has 1 aliphatic carbocycles. The molecule has 4 nitrogen and oxygen atoms in total. The Balaban J connectivity index is 2.17. The molecule has 0 aromatic heterocycles. The third kappa shape index (κ3) is 2.75. The highest BCUT2D eigenvalue weighted by Gasteiger charge is 2.37. The van der Waals surface area contributed by atoms with Gasteiger partial charge in [-0.3, -0.25) is 0 Å². The summed E-state index contributed by atoms with van der Waals surface area (Å²) in [6.45, 7) is 5.23. The summed E-state index contributed by atoms with van der Waals surface area (Å²) in [5.74, 6) is -0.326. The number of nitrogen functional groups attached to an aromatic ring is 1. The zero-order valence-electron chi connectivity index (χ0n) is 11.0. The molecule has 4 heteroatoms. The summed E-state index contributed by atoms with van der Waals surface area (Å²) in [5.41, 5.74) is 8.09. The van der Waals surface area contributed by atoms with Crippen LogP contribution in [-0.2, 0) is 4.74 Å². The number of carbonyl (C=O) groups is 1. The number of hydrogen-bond donors (Lipinski definition) is 2. The number of esters is 1. The first kappa shape index (κ1) is 12.7. The van der Waals surface area contributed by atoms with E-state index in [9.17, 15) is 4.79 Å². The van der Waals surface area contributed by atoms with E-state index < -0.39 is 0 Å². The molecule has 18 heavy (non-hydrogen) atoms. The van der Waals surface area contributed by atoms with Crippen LogP contribution in [0, 0.1) is 5.41 Å². The van der Waals surface area contributed by atoms with Gasteiger partial charge in [0.05, 0.1) is 23.5 Å². The zero-order chi connectivity index (χ0) is 13.2. The molecule has 2 rings (SSSR count). The second-order valence-electron chi connectivity index (χ2n) is 5.15. The fraction of sp³-hybridized carbons (Fsp3) is 0.500. The minimum Gasteiger partial charge on any atom is -0.462 e. The maximum Gasteiger partial charge on any atom is 0.340 e. The number of nitrogens with two attached hydrogens (primary N) is 1. The van der Waals surface area contributed by atoms with Gasteiger partial charge in [-0.1, -0.05) is 13.0 Å². The van der Waals surface area contributed by atoms with Crippen molar-refractivity contribution in [2.45, 2.75) is 26.7 Å². The van der Waals surface area contributed by atoms with Gasteiger partial charge in [-0.25, -0.2) is 4.79 Å². The molecule has 98 valence electrons. The molecule has 1 aromatic rings. The maximum absolute atomic E-state index is 11.8. The molecule has 0 saturated heterocycles. The van der Waals surface area contributed by atoms with E-state index in [1.165, 1.54) is 12.8 Å². The number of rotatable bonds is 5. The predicted octanol–water partition coefficient (Wildman–Crippen LogP) is 2.66. The molecule has 0 unspecified atom stereocenters. The van der Waals surface area contributed by atoms with Crippen LogP contribution in [0.3, 0.4) is 0 Å². The Morgan fingerprint density at radius 3 is 2.83 bits per heavy atom. The lowest BCUT2D eigenvalue weighted by Crippen LogP contribution is -2.16. The van der Waals surface area contributed by atoms with Crippen molar-refractivity contribution in [2.24, 2.45) is 5.41 Å². The molecule has 1 aliphatic rings. The molecule has 0 spiro atoms. The van der Waals surface area contributed by atoms with Gasteiger partial charge >= 0.3 is 5.97 Å². The molecule has 0 heterocycles. The molecule has 1 aromatic carbocycles. The molecule has 0 bridgehead atoms. The number of para-hydroxylation sites is 1. The van der Waals surface area contributed by atoms with Crippen LogP contribution in [0.2, 0.25) is 0 Å². The van der Waals surface area contributed by atoms with Crippen molar-refractivity contribution < 1.29 is 9.53 Å². The van der Waals surface area contributed by atoms with Crippen molar-refractivity contribution in [2.75, 3.05) is 24.2 Å². The maximum atomic E-state index is 11.8. The minimum atomic E-state index is -0.326. The number of nitrogens with one attached hydrogen (secondary N) is 1. The first-order valence-electron chi connectivity index (χ1n) is 6.35. The van der Waals surface area contributed by atoms with Gasteiger partial charge in [0.25, 0.3) is 0 Å². The highest BCUT2D eigenvalue weighted by Crippen LogP contribution is 2.45. The monoisotopic (exact) mass is 248 g/mol. The Labute approximate surface area is 108 Å². The lowest BCUT2D eigenvalue weighted by Gasteiger charge is -2.16. The lowest BCUT2D eigenvalue weighted by molar-refractivity contribution is 0.0527. The molecule has 1 saturated carbocycles. The number of anilines is 2. The fourth-order valence-corrected chi connectivity index (χ4v) is 1.84. The minimum absolute atomic E-state index is 0.326. The van der Waals surface area contributed by atoms with Crippen molar-refractivity contribution in [3.05, 3.63) is 23.8 Å². The summed E-state index contributed by atoms with van der Waals surface area (Å²) >= 11 is 0. The van der Waals surface area contributed by atoms with Gasteiger partial charge in [0, 0.05) is 6.54 Å². The Kier molecular flexibility index (Phi) is 3.45. The van der Waals surface area contributed by atoms with Gasteiger partial charge in [-0.15, -0.1) is 0 Å². The van der Waals surface area contributed by atoms with Gasteiger partial charge in [0.1, 0.15) is 0 Å². The average molecular weight is 248 g/mol. The van der Waals surface area contributed by atoms with Crippen molar-refractivity contribution in [1.29, 1.82) is 0 Å². The largest absolute Gasteiger partial charge is 0.462 e. The molecule has 0 amide bonds. The molecular weight excluding hydrogens is 228 g/mol. The topological polar surface area (TPSA) is 64.3 Å². The predicted molar refractivity (Wildman–Crippen MR) is 72.6 cm³/mol. The standard InChI is InChI=1S/C14H20N2O2/c1-3-18-13(17)10-5-4-6-11(15)12(10)16-9-14(2)7-8-14/h4-6,16H,3,7-9,15H2,1-2H3. The van der Waals surface area contributed by atoms with E-state index in [1.807, 2.05) is 0 Å². The van der Waals surface area contributed by atoms with E-state index in [1.54, 1.807) is 25.1 Å². The summed E-state index contributed by atoms with van der Waals surface area (Å²) in [7, 11) is 0. The third-order valence-electron chi connectivity index (χ3n) is 3.39. The van der Waals surface area contributed by atoms with E-state index in [4.69, 9.17) is 10.5 Å². The number of benzene rings is 1. The molecule has 3 N–H and O–H groups in total. The Morgan fingerprint density at radius 1 is 1.50 bits per heavy atom. The van der Waals surface area contributed by atoms with Crippen LogP contribution in [0.4, 0.5) is 11.4 Å². The van der Waals surface area contributed by atoms with Crippen LogP contribution in [0.25, 0.3) is 0 Å². The first-order valence-corrected chi connectivity index (χ1v) is 6.35. The van der Waals surface area contributed by atoms with Gasteiger partial charge in [0.2, 0.25) is 0 Å². The fourth-order valence-electron chi connectivity index (χ4n) is 1.84. The van der Waals surface area contributed by atoms with E-state index >= 15 is 0 Å². The van der Waals surface area contributed by atoms with Gasteiger partial charge < -0.3 is 15.8 Å². The lowest BCUT2D eigenvalue weighted by atomic mass is 10.1. The van der Waals surface area contributed by atoms with Crippen LogP contribution in [0.1, 0.15) is 37.0 Å². The van der Waals surface area contributed by atoms with E-state index in [0.29, 0.717) is 29.0 Å². The Morgan fingerprint density at radius 2 is 2.22 bits per heavy atom. The average Bonchev–Trinajstić information content (AvgIpc) is 3.06. The summed E-state index contributed by atoms with van der Waals surface area (Å²) in [6.07, 6.45) is 2.45. The summed E-state index contributed by atoms with van der Waals surface area (Å²) in [5, 5.41) is 3.30. The Bertz CT molecular complexity index is 453. The number of carbonyl (C=O) groups excluding carboxylic acids is 1. The van der Waals surface area contributed by atoms with Crippen molar-refractivity contribution >= 4 is 17.3 Å². The first-order chi connectivity index (χ1) is 8.56. The number of hydrogen-bond acceptors (Lipinski definition) is 4. The van der Waals surface area contributed by atoms with Crippen molar-refractivity contribution in [1.82, 2.24) is 0 Å². The summed E-state index contributed by atoms with van der Waals surface area (Å²) in [4.78, 5) is 11.8. The summed E-state index contributed by atoms with van der Waals surface area (Å²) < 4.78 is 5.04. The smallest absolute Gasteiger partial charge is 0.340 e. The molecule has 0 radical (unpaired) electrons. The second kappa shape index (κ2) is 4.88. The highest BCUT2D eigenvalue weighted by molar-refractivity contribution is 5.98. The molecule has 0 aliphatic heterocycles. The van der Waals surface area contributed by atoms with Crippen LogP contribution in [-0.4, -0.2) is 19.1 Å². The SMILES string of the molecule is CCOC(=O)c1cccc(N)c1NCC1(C)CC1. The highest BCUT2D eigenvalue weighted by atomic mass is 16.5. The second-order valence-corrected chi connectivity index (χ2v) is 5.15. The van der Waals surface area contributed by atoms with Crippen LogP contribution >= 0.6 is 0 Å². The van der Waals surface area contributed by atoms with Gasteiger partial charge in [-0.05, 0) is 37.3 Å². The Hall–Kier alpha value is -1.71. The van der Waals surface area contributed by atoms with Crippen LogP contribution in [0.15, 0.2) is 18.2 Å². The van der Waals surface area contributed by atoms with E-state index in [0.717, 1.165) is 6.54 Å². The summed E-state index contributed by atoms with van der Waals surface area (Å²) in [6, 6.07) is 5.30. The van der Waals surface area contributed by atoms with Gasteiger partial charge in [0.15, 0.2) is 0 Å². The van der Waals surface area contributed by atoms with E-state index in [-0.39, 0.29) is 5.97 Å². The molecule has 1 fully saturated rings. The van der Waals surface area contributed by atoms with E-state index in [2.05, 4.69) is 12.2 Å². The molecule has 0 atom stereocenters. The van der Waals surface area contributed by atoms with Crippen molar-refractivity contribution in [3.63, 3.8) is 0 Å². The number of ether oxygens (including phenoxy) is 1. The molecular formula is C14H20N2O2. The normalized spacial score (nSPS) is 16.1. The zero-order valence-corrected chi connectivity index (χ0v) is 11.0. The van der Waals surface area contributed by atoms with Crippen LogP contribution < -0.4 is 11.1 Å². The quantitative estimate of drug-likeness (QED) is 0.621. The van der Waals surface area contributed by atoms with Gasteiger partial charge in [-0.2, -0.15) is 0 Å². The third-order valence-corrected chi connectivity index (χ3v) is 3.39. The van der Waals surface area contributed by atoms with Crippen LogP contribution in [0.5, 0.6) is 0 Å².